The Hall–Kier alpha value is -1.71. The molecule has 0 amide bonds. The summed E-state index contributed by atoms with van der Waals surface area (Å²) in [6.07, 6.45) is 73.4. The quantitative estimate of drug-likeness (QED) is 0.0256. The summed E-state index contributed by atoms with van der Waals surface area (Å²) in [5.74, 6) is -2.24. The van der Waals surface area contributed by atoms with Crippen LogP contribution in [0.15, 0.2) is 0 Å². The van der Waals surface area contributed by atoms with E-state index in [1.165, 1.54) is 321 Å². The number of carboxylic acids is 1. The molecule has 0 N–H and O–H groups in total. The second-order valence-corrected chi connectivity index (χ2v) is 26.3. The molecule has 2 atom stereocenters. The molecule has 0 spiro atoms. The zero-order valence-electron chi connectivity index (χ0n) is 55.2. The fourth-order valence-electron chi connectivity index (χ4n) is 11.3. The van der Waals surface area contributed by atoms with E-state index in [9.17, 15) is 19.5 Å². The highest BCUT2D eigenvalue weighted by atomic mass is 16.7. The largest absolute Gasteiger partial charge is 0.545 e. The number of ether oxygens (including phenoxy) is 4. The van der Waals surface area contributed by atoms with Crippen LogP contribution in [0.2, 0.25) is 0 Å². The SMILES string of the molecule is CCCCCCCCCCCCCCCCCCCCCCCCCCCCCCCC(=O)OC(COC(=O)CCCCCCCCCCCCCCCCCCCCCCCCCCCCC)COC(OCC[N+](C)(C)C)C(=O)[O-]. The number of carboxylic acid groups (broad SMARTS) is 1. The number of nitrogens with zero attached hydrogens (tertiary/aromatic N) is 1. The third-order valence-corrected chi connectivity index (χ3v) is 16.9. The number of quaternary nitrogens is 1. The van der Waals surface area contributed by atoms with Crippen molar-refractivity contribution in [3.8, 4) is 0 Å². The van der Waals surface area contributed by atoms with Crippen LogP contribution in [0.3, 0.4) is 0 Å². The average Bonchev–Trinajstić information content (AvgIpc) is 3.44. The molecule has 0 aromatic carbocycles. The first-order valence-corrected chi connectivity index (χ1v) is 36.2. The van der Waals surface area contributed by atoms with E-state index in [4.69, 9.17) is 18.9 Å². The molecule has 2 unspecified atom stereocenters. The van der Waals surface area contributed by atoms with Gasteiger partial charge in [0.25, 0.3) is 0 Å². The lowest BCUT2D eigenvalue weighted by Gasteiger charge is -2.26. The molecule has 9 heteroatoms. The van der Waals surface area contributed by atoms with Crippen molar-refractivity contribution in [1.29, 1.82) is 0 Å². The summed E-state index contributed by atoms with van der Waals surface area (Å²) in [6.45, 7) is 4.85. The molecule has 0 aromatic rings. The summed E-state index contributed by atoms with van der Waals surface area (Å²) >= 11 is 0. The maximum atomic E-state index is 12.9. The molecule has 0 fully saturated rings. The normalized spacial score (nSPS) is 12.6. The van der Waals surface area contributed by atoms with Gasteiger partial charge >= 0.3 is 11.9 Å². The van der Waals surface area contributed by atoms with E-state index in [-0.39, 0.29) is 32.2 Å². The molecule has 0 saturated carbocycles. The van der Waals surface area contributed by atoms with Crippen molar-refractivity contribution < 1.29 is 42.9 Å². The van der Waals surface area contributed by atoms with Crippen LogP contribution >= 0.6 is 0 Å². The molecule has 0 aromatic heterocycles. The van der Waals surface area contributed by atoms with Crippen molar-refractivity contribution in [1.82, 2.24) is 0 Å². The lowest BCUT2D eigenvalue weighted by Crippen LogP contribution is -2.44. The number of unbranched alkanes of at least 4 members (excludes halogenated alkanes) is 54. The lowest BCUT2D eigenvalue weighted by molar-refractivity contribution is -0.870. The van der Waals surface area contributed by atoms with Crippen molar-refractivity contribution in [3.63, 3.8) is 0 Å². The zero-order valence-corrected chi connectivity index (χ0v) is 55.2. The van der Waals surface area contributed by atoms with Crippen LogP contribution in [0.1, 0.15) is 386 Å². The van der Waals surface area contributed by atoms with Gasteiger partial charge < -0.3 is 33.3 Å². The van der Waals surface area contributed by atoms with Gasteiger partial charge in [0.1, 0.15) is 13.2 Å². The van der Waals surface area contributed by atoms with E-state index in [1.54, 1.807) is 0 Å². The van der Waals surface area contributed by atoms with Gasteiger partial charge in [0.15, 0.2) is 12.4 Å². The van der Waals surface area contributed by atoms with Crippen LogP contribution in [-0.2, 0) is 33.3 Å². The van der Waals surface area contributed by atoms with Gasteiger partial charge in [-0.3, -0.25) is 9.59 Å². The van der Waals surface area contributed by atoms with Gasteiger partial charge in [0, 0.05) is 12.8 Å². The van der Waals surface area contributed by atoms with Gasteiger partial charge in [0.2, 0.25) is 0 Å². The fraction of sp³-hybridized carbons (Fsp3) is 0.958. The number of likely N-dealkylation sites (N-methyl/N-ethyl adjacent to an activating group) is 1. The van der Waals surface area contributed by atoms with Gasteiger partial charge in [-0.05, 0) is 12.8 Å². The standard InChI is InChI=1S/C72H141NO8/c1-6-8-10-12-14-16-18-20-22-24-26-28-30-32-34-35-37-39-41-43-45-47-49-51-53-55-57-59-61-63-70(75)81-68(67-80-72(71(76)77)78-65-64-73(3,4)5)66-79-69(74)62-60-58-56-54-52-50-48-46-44-42-40-38-36-33-31-29-27-25-23-21-19-17-15-13-11-9-7-2/h68,72H,6-67H2,1-5H3. The Bertz CT molecular complexity index is 1290. The summed E-state index contributed by atoms with van der Waals surface area (Å²) in [6, 6.07) is 0. The summed E-state index contributed by atoms with van der Waals surface area (Å²) in [5.41, 5.74) is 0. The van der Waals surface area contributed by atoms with Crippen molar-refractivity contribution in [2.75, 3.05) is 47.5 Å². The molecule has 9 nitrogen and oxygen atoms in total. The number of carbonyl (C=O) groups is 3. The van der Waals surface area contributed by atoms with Crippen molar-refractivity contribution in [2.45, 2.75) is 399 Å². The smallest absolute Gasteiger partial charge is 0.306 e. The first-order valence-electron chi connectivity index (χ1n) is 36.2. The second-order valence-electron chi connectivity index (χ2n) is 26.3. The highest BCUT2D eigenvalue weighted by molar-refractivity contribution is 5.70. The third kappa shape index (κ3) is 65.7. The summed E-state index contributed by atoms with van der Waals surface area (Å²) in [4.78, 5) is 37.5. The summed E-state index contributed by atoms with van der Waals surface area (Å²) < 4.78 is 22.8. The van der Waals surface area contributed by atoms with Crippen molar-refractivity contribution in [3.05, 3.63) is 0 Å². The summed E-state index contributed by atoms with van der Waals surface area (Å²) in [7, 11) is 5.95. The maximum Gasteiger partial charge on any atom is 0.306 e. The molecule has 0 bridgehead atoms. The first-order chi connectivity index (χ1) is 39.6. The van der Waals surface area contributed by atoms with Crippen LogP contribution in [0.5, 0.6) is 0 Å². The van der Waals surface area contributed by atoms with Gasteiger partial charge in [-0.25, -0.2) is 0 Å². The molecule has 81 heavy (non-hydrogen) atoms. The van der Waals surface area contributed by atoms with Gasteiger partial charge in [0.05, 0.1) is 40.3 Å². The predicted octanol–water partition coefficient (Wildman–Crippen LogP) is 20.9. The summed E-state index contributed by atoms with van der Waals surface area (Å²) in [5, 5.41) is 11.8. The van der Waals surface area contributed by atoms with Crippen molar-refractivity contribution in [2.24, 2.45) is 0 Å². The van der Waals surface area contributed by atoms with Crippen LogP contribution < -0.4 is 5.11 Å². The molecule has 0 heterocycles. The Morgan fingerprint density at radius 2 is 0.556 bits per heavy atom. The molecule has 0 radical (unpaired) electrons. The minimum atomic E-state index is -1.62. The predicted molar refractivity (Wildman–Crippen MR) is 344 cm³/mol. The van der Waals surface area contributed by atoms with Gasteiger partial charge in [-0.15, -0.1) is 0 Å². The number of hydrogen-bond donors (Lipinski definition) is 0. The maximum absolute atomic E-state index is 12.9. The van der Waals surface area contributed by atoms with E-state index in [0.717, 1.165) is 38.5 Å². The van der Waals surface area contributed by atoms with Gasteiger partial charge in [-0.2, -0.15) is 0 Å². The number of carbonyl (C=O) groups excluding carboxylic acids is 3. The van der Waals surface area contributed by atoms with E-state index in [0.29, 0.717) is 17.4 Å². The highest BCUT2D eigenvalue weighted by Gasteiger charge is 2.22. The van der Waals surface area contributed by atoms with Crippen LogP contribution in [0.25, 0.3) is 0 Å². The topological polar surface area (TPSA) is 111 Å². The zero-order chi connectivity index (χ0) is 59.1. The van der Waals surface area contributed by atoms with E-state index >= 15 is 0 Å². The molecule has 0 aliphatic carbocycles. The lowest BCUT2D eigenvalue weighted by atomic mass is 10.0. The van der Waals surface area contributed by atoms with Crippen LogP contribution in [0, 0.1) is 0 Å². The van der Waals surface area contributed by atoms with E-state index in [1.807, 2.05) is 21.1 Å². The second kappa shape index (κ2) is 64.3. The van der Waals surface area contributed by atoms with Gasteiger partial charge in [-0.1, -0.05) is 361 Å². The Labute approximate surface area is 504 Å². The molecular formula is C72H141NO8. The van der Waals surface area contributed by atoms with Crippen molar-refractivity contribution >= 4 is 17.9 Å². The van der Waals surface area contributed by atoms with E-state index < -0.39 is 24.3 Å². The third-order valence-electron chi connectivity index (χ3n) is 16.9. The first kappa shape index (κ1) is 79.3. The minimum absolute atomic E-state index is 0.154. The molecule has 0 aliphatic heterocycles. The average molecular weight is 1150 g/mol. The molecule has 482 valence electrons. The molecule has 0 saturated heterocycles. The molecule has 0 rings (SSSR count). The molecular weight excluding hydrogens is 1010 g/mol. The monoisotopic (exact) mass is 1150 g/mol. The number of rotatable bonds is 69. The number of hydrogen-bond acceptors (Lipinski definition) is 8. The van der Waals surface area contributed by atoms with Crippen LogP contribution in [-0.4, -0.2) is 82.3 Å². The Morgan fingerprint density at radius 3 is 0.790 bits per heavy atom. The Kier molecular flexibility index (Phi) is 62.9. The van der Waals surface area contributed by atoms with E-state index in [2.05, 4.69) is 13.8 Å². The number of aliphatic carboxylic acids is 1. The highest BCUT2D eigenvalue weighted by Crippen LogP contribution is 2.20. The fourth-order valence-corrected chi connectivity index (χ4v) is 11.3. The number of esters is 2. The Balaban J connectivity index is 4.02. The Morgan fingerprint density at radius 1 is 0.321 bits per heavy atom. The molecule has 0 aliphatic rings. The van der Waals surface area contributed by atoms with Crippen LogP contribution in [0.4, 0.5) is 0 Å². The minimum Gasteiger partial charge on any atom is -0.545 e.